The molecule has 0 saturated heterocycles. The maximum atomic E-state index is 12.9. The minimum atomic E-state index is -0.222. The second-order valence-corrected chi connectivity index (χ2v) is 6.99. The van der Waals surface area contributed by atoms with Gasteiger partial charge < -0.3 is 4.90 Å². The molecule has 1 aromatic heterocycles. The van der Waals surface area contributed by atoms with Crippen LogP contribution in [0, 0.1) is 5.82 Å². The first-order valence-electron chi connectivity index (χ1n) is 9.15. The van der Waals surface area contributed by atoms with E-state index >= 15 is 0 Å². The molecule has 25 heavy (non-hydrogen) atoms. The van der Waals surface area contributed by atoms with Crippen molar-refractivity contribution in [1.29, 1.82) is 0 Å². The minimum absolute atomic E-state index is 0.190. The highest BCUT2D eigenvalue weighted by Crippen LogP contribution is 2.38. The Kier molecular flexibility index (Phi) is 4.51. The van der Waals surface area contributed by atoms with E-state index in [1.165, 1.54) is 25.0 Å². The molecule has 1 aromatic carbocycles. The van der Waals surface area contributed by atoms with Crippen molar-refractivity contribution >= 4 is 5.91 Å². The molecule has 1 aliphatic carbocycles. The molecule has 1 fully saturated rings. The highest BCUT2D eigenvalue weighted by Gasteiger charge is 2.30. The maximum Gasteiger partial charge on any atom is 0.222 e. The van der Waals surface area contributed by atoms with E-state index in [-0.39, 0.29) is 11.7 Å². The van der Waals surface area contributed by atoms with Gasteiger partial charge in [0.1, 0.15) is 11.6 Å². The van der Waals surface area contributed by atoms with Gasteiger partial charge in [0.05, 0.1) is 6.54 Å². The third-order valence-electron chi connectivity index (χ3n) is 5.02. The van der Waals surface area contributed by atoms with Crippen LogP contribution in [0.2, 0.25) is 0 Å². The fourth-order valence-corrected chi connectivity index (χ4v) is 3.34. The van der Waals surface area contributed by atoms with Gasteiger partial charge in [-0.25, -0.2) is 14.1 Å². The van der Waals surface area contributed by atoms with Crippen LogP contribution in [0.15, 0.2) is 24.3 Å². The van der Waals surface area contributed by atoms with Crippen molar-refractivity contribution in [1.82, 2.24) is 19.7 Å². The summed E-state index contributed by atoms with van der Waals surface area (Å²) in [6, 6.07) is 6.51. The van der Waals surface area contributed by atoms with E-state index in [0.717, 1.165) is 49.6 Å². The molecule has 2 heterocycles. The Hall–Kier alpha value is -2.24. The molecule has 6 heteroatoms. The predicted octanol–water partition coefficient (Wildman–Crippen LogP) is 2.70. The van der Waals surface area contributed by atoms with Gasteiger partial charge in [0.15, 0.2) is 5.82 Å². The fourth-order valence-electron chi connectivity index (χ4n) is 3.34. The summed E-state index contributed by atoms with van der Waals surface area (Å²) in [5.41, 5.74) is 1.07. The maximum absolute atomic E-state index is 12.9. The smallest absolute Gasteiger partial charge is 0.222 e. The highest BCUT2D eigenvalue weighted by atomic mass is 19.1. The summed E-state index contributed by atoms with van der Waals surface area (Å²) in [4.78, 5) is 19.1. The molecule has 4 rings (SSSR count). The number of rotatable bonds is 5. The lowest BCUT2D eigenvalue weighted by Crippen LogP contribution is -2.33. The number of hydrogen-bond acceptors (Lipinski definition) is 3. The zero-order valence-electron chi connectivity index (χ0n) is 14.3. The normalized spacial score (nSPS) is 17.2. The Bertz CT molecular complexity index is 726. The first-order valence-corrected chi connectivity index (χ1v) is 9.15. The zero-order valence-corrected chi connectivity index (χ0v) is 14.3. The van der Waals surface area contributed by atoms with E-state index in [2.05, 4.69) is 10.1 Å². The molecule has 2 aromatic rings. The van der Waals surface area contributed by atoms with Crippen LogP contribution in [0.5, 0.6) is 0 Å². The number of aryl methyl sites for hydroxylation is 1. The number of aromatic nitrogens is 3. The molecule has 0 radical (unpaired) electrons. The quantitative estimate of drug-likeness (QED) is 0.839. The number of carbonyl (C=O) groups excluding carboxylic acids is 1. The highest BCUT2D eigenvalue weighted by molar-refractivity contribution is 5.76. The van der Waals surface area contributed by atoms with Gasteiger partial charge in [-0.3, -0.25) is 4.79 Å². The van der Waals surface area contributed by atoms with E-state index in [4.69, 9.17) is 0 Å². The van der Waals surface area contributed by atoms with Crippen molar-refractivity contribution in [2.75, 3.05) is 13.1 Å². The number of fused-ring (bicyclic) bond motifs is 1. The number of hydrogen-bond donors (Lipinski definition) is 0. The second-order valence-electron chi connectivity index (χ2n) is 6.99. The van der Waals surface area contributed by atoms with Gasteiger partial charge in [-0.05, 0) is 43.4 Å². The van der Waals surface area contributed by atoms with Crippen LogP contribution in [0.25, 0.3) is 0 Å². The van der Waals surface area contributed by atoms with Crippen LogP contribution in [0.4, 0.5) is 4.39 Å². The molecule has 1 amide bonds. The summed E-state index contributed by atoms with van der Waals surface area (Å²) in [7, 11) is 0. The lowest BCUT2D eigenvalue weighted by molar-refractivity contribution is -0.131. The molecular formula is C19H23FN4O. The second kappa shape index (κ2) is 6.94. The Balaban J connectivity index is 1.26. The number of benzene rings is 1. The van der Waals surface area contributed by atoms with Gasteiger partial charge in [0.25, 0.3) is 0 Å². The molecular weight excluding hydrogens is 319 g/mol. The molecule has 5 nitrogen and oxygen atoms in total. The van der Waals surface area contributed by atoms with Crippen LogP contribution in [0.1, 0.15) is 48.8 Å². The van der Waals surface area contributed by atoms with Gasteiger partial charge >= 0.3 is 0 Å². The monoisotopic (exact) mass is 342 g/mol. The van der Waals surface area contributed by atoms with Crippen LogP contribution in [0.3, 0.4) is 0 Å². The Morgan fingerprint density at radius 3 is 2.72 bits per heavy atom. The number of nitrogens with zero attached hydrogens (tertiary/aromatic N) is 4. The minimum Gasteiger partial charge on any atom is -0.340 e. The molecule has 0 unspecified atom stereocenters. The number of halogens is 1. The van der Waals surface area contributed by atoms with Crippen LogP contribution >= 0.6 is 0 Å². The Morgan fingerprint density at radius 2 is 1.96 bits per heavy atom. The van der Waals surface area contributed by atoms with Gasteiger partial charge in [-0.2, -0.15) is 5.10 Å². The van der Waals surface area contributed by atoms with Crippen LogP contribution < -0.4 is 0 Å². The van der Waals surface area contributed by atoms with Gasteiger partial charge in [0.2, 0.25) is 5.91 Å². The van der Waals surface area contributed by atoms with Crippen molar-refractivity contribution < 1.29 is 9.18 Å². The topological polar surface area (TPSA) is 51.0 Å². The summed E-state index contributed by atoms with van der Waals surface area (Å²) >= 11 is 0. The molecule has 0 N–H and O–H groups in total. The van der Waals surface area contributed by atoms with Crippen molar-refractivity contribution in [3.05, 3.63) is 47.3 Å². The van der Waals surface area contributed by atoms with E-state index in [0.29, 0.717) is 18.9 Å². The van der Waals surface area contributed by atoms with E-state index in [9.17, 15) is 9.18 Å². The third kappa shape index (κ3) is 3.89. The van der Waals surface area contributed by atoms with E-state index < -0.39 is 0 Å². The van der Waals surface area contributed by atoms with Gasteiger partial charge in [0, 0.05) is 31.8 Å². The fraction of sp³-hybridized carbons (Fsp3) is 0.526. The third-order valence-corrected chi connectivity index (χ3v) is 5.02. The van der Waals surface area contributed by atoms with Crippen LogP contribution in [-0.4, -0.2) is 38.7 Å². The summed E-state index contributed by atoms with van der Waals surface area (Å²) in [5.74, 6) is 2.55. The Labute approximate surface area is 146 Å². The first kappa shape index (κ1) is 16.2. The van der Waals surface area contributed by atoms with Gasteiger partial charge in [-0.1, -0.05) is 12.1 Å². The predicted molar refractivity (Wildman–Crippen MR) is 91.6 cm³/mol. The molecule has 1 saturated carbocycles. The first-order chi connectivity index (χ1) is 12.2. The number of carbonyl (C=O) groups is 1. The SMILES string of the molecule is O=C(CCCc1ccc(F)cc1)N1CCc2nc(C3CC3)nn2CC1. The van der Waals surface area contributed by atoms with E-state index in [1.54, 1.807) is 12.1 Å². The molecule has 0 bridgehead atoms. The van der Waals surface area contributed by atoms with E-state index in [1.807, 2.05) is 9.58 Å². The standard InChI is InChI=1S/C19H23FN4O/c20-16-8-4-14(5-9-16)2-1-3-18(25)23-11-10-17-21-19(15-6-7-15)22-24(17)13-12-23/h4-5,8-9,15H,1-3,6-7,10-13H2. The largest absolute Gasteiger partial charge is 0.340 e. The van der Waals surface area contributed by atoms with Crippen molar-refractivity contribution in [3.63, 3.8) is 0 Å². The molecule has 2 aliphatic rings. The van der Waals surface area contributed by atoms with Crippen LogP contribution in [-0.2, 0) is 24.2 Å². The number of amides is 1. The summed E-state index contributed by atoms with van der Waals surface area (Å²) in [6.07, 6.45) is 5.32. The lowest BCUT2D eigenvalue weighted by Gasteiger charge is -2.19. The van der Waals surface area contributed by atoms with Crippen molar-refractivity contribution in [3.8, 4) is 0 Å². The van der Waals surface area contributed by atoms with Crippen molar-refractivity contribution in [2.24, 2.45) is 0 Å². The molecule has 0 atom stereocenters. The zero-order chi connectivity index (χ0) is 17.2. The average molecular weight is 342 g/mol. The van der Waals surface area contributed by atoms with Gasteiger partial charge in [-0.15, -0.1) is 0 Å². The summed E-state index contributed by atoms with van der Waals surface area (Å²) in [5, 5.41) is 4.61. The molecule has 0 spiro atoms. The molecule has 132 valence electrons. The molecule has 1 aliphatic heterocycles. The summed E-state index contributed by atoms with van der Waals surface area (Å²) in [6.45, 7) is 2.16. The Morgan fingerprint density at radius 1 is 1.16 bits per heavy atom. The average Bonchev–Trinajstić information content (AvgIpc) is 3.41. The lowest BCUT2D eigenvalue weighted by atomic mass is 10.1. The van der Waals surface area contributed by atoms with Crippen molar-refractivity contribution in [2.45, 2.75) is 51.0 Å². The summed E-state index contributed by atoms with van der Waals surface area (Å²) < 4.78 is 14.9.